The van der Waals surface area contributed by atoms with E-state index in [1.54, 1.807) is 0 Å². The number of nitrogens with one attached hydrogen (secondary N) is 1. The van der Waals surface area contributed by atoms with Gasteiger partial charge in [0, 0.05) is 6.04 Å². The van der Waals surface area contributed by atoms with Crippen molar-refractivity contribution in [2.24, 2.45) is 11.8 Å². The van der Waals surface area contributed by atoms with Crippen LogP contribution in [0.5, 0.6) is 0 Å². The standard InChI is InChI=1S/C18H29N/c1-13-6-5-7-17(9-13)12-19-16(4)18-10-14(2)8-15(3)11-18/h8,10-11,13,16-17,19H,5-7,9,12H2,1-4H3. The van der Waals surface area contributed by atoms with Gasteiger partial charge < -0.3 is 5.32 Å². The van der Waals surface area contributed by atoms with E-state index >= 15 is 0 Å². The molecule has 1 nitrogen and oxygen atoms in total. The van der Waals surface area contributed by atoms with Gasteiger partial charge in [0.1, 0.15) is 0 Å². The summed E-state index contributed by atoms with van der Waals surface area (Å²) in [6, 6.07) is 7.34. The monoisotopic (exact) mass is 259 g/mol. The Morgan fingerprint density at radius 1 is 1.16 bits per heavy atom. The first-order valence-electron chi connectivity index (χ1n) is 7.86. The first-order valence-corrected chi connectivity index (χ1v) is 7.86. The Bertz CT molecular complexity index is 390. The minimum atomic E-state index is 0.468. The van der Waals surface area contributed by atoms with Crippen molar-refractivity contribution in [3.05, 3.63) is 34.9 Å². The average Bonchev–Trinajstić information content (AvgIpc) is 2.35. The Morgan fingerprint density at radius 2 is 1.84 bits per heavy atom. The van der Waals surface area contributed by atoms with Gasteiger partial charge in [-0.05, 0) is 57.6 Å². The van der Waals surface area contributed by atoms with Gasteiger partial charge in [0.25, 0.3) is 0 Å². The molecular formula is C18H29N. The van der Waals surface area contributed by atoms with Crippen LogP contribution in [0.15, 0.2) is 18.2 Å². The summed E-state index contributed by atoms with van der Waals surface area (Å²) in [5.41, 5.74) is 4.17. The highest BCUT2D eigenvalue weighted by atomic mass is 14.9. The van der Waals surface area contributed by atoms with Gasteiger partial charge in [-0.2, -0.15) is 0 Å². The summed E-state index contributed by atoms with van der Waals surface area (Å²) in [7, 11) is 0. The molecule has 106 valence electrons. The van der Waals surface area contributed by atoms with Crippen LogP contribution in [0.1, 0.15) is 62.3 Å². The second kappa shape index (κ2) is 6.56. The Labute approximate surface area is 118 Å². The van der Waals surface area contributed by atoms with Crippen molar-refractivity contribution < 1.29 is 0 Å². The van der Waals surface area contributed by atoms with Gasteiger partial charge >= 0.3 is 0 Å². The maximum atomic E-state index is 3.74. The number of aryl methyl sites for hydroxylation is 2. The third-order valence-corrected chi connectivity index (χ3v) is 4.50. The maximum absolute atomic E-state index is 3.74. The smallest absolute Gasteiger partial charge is 0.0292 e. The number of hydrogen-bond acceptors (Lipinski definition) is 1. The SMILES string of the molecule is Cc1cc(C)cc(C(C)NCC2CCCC(C)C2)c1. The summed E-state index contributed by atoms with van der Waals surface area (Å²) >= 11 is 0. The van der Waals surface area contributed by atoms with Crippen LogP contribution in [-0.4, -0.2) is 6.54 Å². The third kappa shape index (κ3) is 4.35. The zero-order valence-corrected chi connectivity index (χ0v) is 13.0. The van der Waals surface area contributed by atoms with Crippen molar-refractivity contribution in [2.45, 2.75) is 59.4 Å². The van der Waals surface area contributed by atoms with Crippen molar-refractivity contribution in [3.8, 4) is 0 Å². The Hall–Kier alpha value is -0.820. The summed E-state index contributed by atoms with van der Waals surface area (Å²) in [6.07, 6.45) is 5.68. The molecule has 0 spiro atoms. The molecule has 1 aliphatic rings. The van der Waals surface area contributed by atoms with Gasteiger partial charge in [-0.3, -0.25) is 0 Å². The molecule has 1 saturated carbocycles. The fourth-order valence-electron chi connectivity index (χ4n) is 3.47. The second-order valence-corrected chi connectivity index (χ2v) is 6.69. The van der Waals surface area contributed by atoms with E-state index in [9.17, 15) is 0 Å². The molecule has 0 saturated heterocycles. The van der Waals surface area contributed by atoms with E-state index in [1.165, 1.54) is 48.9 Å². The molecule has 2 rings (SSSR count). The van der Waals surface area contributed by atoms with Gasteiger partial charge in [-0.25, -0.2) is 0 Å². The van der Waals surface area contributed by atoms with E-state index in [-0.39, 0.29) is 0 Å². The highest BCUT2D eigenvalue weighted by molar-refractivity contribution is 5.30. The predicted molar refractivity (Wildman–Crippen MR) is 83.5 cm³/mol. The molecule has 19 heavy (non-hydrogen) atoms. The average molecular weight is 259 g/mol. The summed E-state index contributed by atoms with van der Waals surface area (Å²) in [5.74, 6) is 1.81. The summed E-state index contributed by atoms with van der Waals surface area (Å²) in [5, 5.41) is 3.74. The molecular weight excluding hydrogens is 230 g/mol. The summed E-state index contributed by atoms with van der Waals surface area (Å²) in [6.45, 7) is 10.2. The first kappa shape index (κ1) is 14.6. The molecule has 1 aromatic carbocycles. The Balaban J connectivity index is 1.88. The lowest BCUT2D eigenvalue weighted by Gasteiger charge is -2.28. The van der Waals surface area contributed by atoms with E-state index in [4.69, 9.17) is 0 Å². The zero-order valence-electron chi connectivity index (χ0n) is 13.0. The quantitative estimate of drug-likeness (QED) is 0.820. The van der Waals surface area contributed by atoms with Crippen LogP contribution < -0.4 is 5.32 Å². The van der Waals surface area contributed by atoms with E-state index in [2.05, 4.69) is 51.2 Å². The van der Waals surface area contributed by atoms with Crippen LogP contribution >= 0.6 is 0 Å². The number of rotatable bonds is 4. The molecule has 1 N–H and O–H groups in total. The molecule has 0 amide bonds. The summed E-state index contributed by atoms with van der Waals surface area (Å²) in [4.78, 5) is 0. The number of hydrogen-bond donors (Lipinski definition) is 1. The molecule has 0 radical (unpaired) electrons. The fraction of sp³-hybridized carbons (Fsp3) is 0.667. The van der Waals surface area contributed by atoms with Crippen LogP contribution in [-0.2, 0) is 0 Å². The second-order valence-electron chi connectivity index (χ2n) is 6.69. The van der Waals surface area contributed by atoms with Crippen LogP contribution in [0, 0.1) is 25.7 Å². The normalized spacial score (nSPS) is 25.3. The lowest BCUT2D eigenvalue weighted by atomic mass is 9.82. The third-order valence-electron chi connectivity index (χ3n) is 4.50. The van der Waals surface area contributed by atoms with Crippen molar-refractivity contribution >= 4 is 0 Å². The van der Waals surface area contributed by atoms with Crippen molar-refractivity contribution in [1.29, 1.82) is 0 Å². The minimum absolute atomic E-state index is 0.468. The van der Waals surface area contributed by atoms with Gasteiger partial charge in [0.2, 0.25) is 0 Å². The molecule has 1 fully saturated rings. The predicted octanol–water partition coefficient (Wildman–Crippen LogP) is 4.78. The van der Waals surface area contributed by atoms with Crippen LogP contribution in [0.25, 0.3) is 0 Å². The van der Waals surface area contributed by atoms with Crippen molar-refractivity contribution in [2.75, 3.05) is 6.54 Å². The van der Waals surface area contributed by atoms with Crippen molar-refractivity contribution in [1.82, 2.24) is 5.32 Å². The van der Waals surface area contributed by atoms with Crippen LogP contribution in [0.2, 0.25) is 0 Å². The van der Waals surface area contributed by atoms with E-state index in [0.29, 0.717) is 6.04 Å². The van der Waals surface area contributed by atoms with Gasteiger partial charge in [-0.1, -0.05) is 49.1 Å². The molecule has 1 aliphatic carbocycles. The fourth-order valence-corrected chi connectivity index (χ4v) is 3.47. The van der Waals surface area contributed by atoms with Gasteiger partial charge in [-0.15, -0.1) is 0 Å². The zero-order chi connectivity index (χ0) is 13.8. The molecule has 3 atom stereocenters. The molecule has 3 unspecified atom stereocenters. The Kier molecular flexibility index (Phi) is 5.04. The van der Waals surface area contributed by atoms with E-state index in [1.807, 2.05) is 0 Å². The van der Waals surface area contributed by atoms with Crippen molar-refractivity contribution in [3.63, 3.8) is 0 Å². The summed E-state index contributed by atoms with van der Waals surface area (Å²) < 4.78 is 0. The molecule has 1 aromatic rings. The lowest BCUT2D eigenvalue weighted by molar-refractivity contribution is 0.268. The van der Waals surface area contributed by atoms with E-state index in [0.717, 1.165) is 11.8 Å². The van der Waals surface area contributed by atoms with Crippen LogP contribution in [0.3, 0.4) is 0 Å². The van der Waals surface area contributed by atoms with E-state index < -0.39 is 0 Å². The Morgan fingerprint density at radius 3 is 2.47 bits per heavy atom. The van der Waals surface area contributed by atoms with Crippen LogP contribution in [0.4, 0.5) is 0 Å². The molecule has 0 aliphatic heterocycles. The molecule has 0 aromatic heterocycles. The molecule has 1 heteroatoms. The van der Waals surface area contributed by atoms with Gasteiger partial charge in [0.05, 0.1) is 0 Å². The highest BCUT2D eigenvalue weighted by Gasteiger charge is 2.19. The maximum Gasteiger partial charge on any atom is 0.0292 e. The van der Waals surface area contributed by atoms with Gasteiger partial charge in [0.15, 0.2) is 0 Å². The largest absolute Gasteiger partial charge is 0.310 e. The molecule has 0 heterocycles. The highest BCUT2D eigenvalue weighted by Crippen LogP contribution is 2.28. The lowest BCUT2D eigenvalue weighted by Crippen LogP contribution is -2.28. The topological polar surface area (TPSA) is 12.0 Å². The minimum Gasteiger partial charge on any atom is -0.310 e. The first-order chi connectivity index (χ1) is 9.04. The molecule has 0 bridgehead atoms. The number of benzene rings is 1.